The Morgan fingerprint density at radius 3 is 2.42 bits per heavy atom. The maximum atomic E-state index is 13.1. The third-order valence-corrected chi connectivity index (χ3v) is 3.91. The Morgan fingerprint density at radius 2 is 1.84 bits per heavy atom. The van der Waals surface area contributed by atoms with Crippen molar-refractivity contribution in [1.82, 2.24) is 10.3 Å². The van der Waals surface area contributed by atoms with Crippen LogP contribution < -0.4 is 5.32 Å². The van der Waals surface area contributed by atoms with Gasteiger partial charge in [-0.2, -0.15) is 0 Å². The van der Waals surface area contributed by atoms with Crippen molar-refractivity contribution in [2.75, 3.05) is 0 Å². The molecule has 1 aromatic rings. The van der Waals surface area contributed by atoms with Crippen LogP contribution in [0, 0.1) is 16.6 Å². The summed E-state index contributed by atoms with van der Waals surface area (Å²) in [5.74, 6) is -0.261. The van der Waals surface area contributed by atoms with Crippen LogP contribution in [0.25, 0.3) is 0 Å². The summed E-state index contributed by atoms with van der Waals surface area (Å²) in [6.45, 7) is 10.1. The number of hydrogen-bond donors (Lipinski definition) is 1. The molecule has 2 rings (SSSR count). The average Bonchev–Trinajstić information content (AvgIpc) is 2.22. The Morgan fingerprint density at radius 1 is 1.21 bits per heavy atom. The minimum absolute atomic E-state index is 0.261. The summed E-state index contributed by atoms with van der Waals surface area (Å²) in [6.07, 6.45) is 6.60. The van der Waals surface area contributed by atoms with Crippen LogP contribution in [0.4, 0.5) is 4.39 Å². The summed E-state index contributed by atoms with van der Waals surface area (Å²) >= 11 is 0. The molecule has 1 heterocycles. The Hall–Kier alpha value is -0.960. The van der Waals surface area contributed by atoms with E-state index in [1.807, 2.05) is 0 Å². The Kier molecular flexibility index (Phi) is 3.95. The van der Waals surface area contributed by atoms with Gasteiger partial charge in [0.15, 0.2) is 0 Å². The topological polar surface area (TPSA) is 24.9 Å². The van der Waals surface area contributed by atoms with E-state index in [9.17, 15) is 4.39 Å². The highest BCUT2D eigenvalue weighted by Crippen LogP contribution is 2.45. The second-order valence-electron chi connectivity index (χ2n) is 7.50. The lowest BCUT2D eigenvalue weighted by Crippen LogP contribution is -2.43. The fourth-order valence-corrected chi connectivity index (χ4v) is 3.81. The van der Waals surface area contributed by atoms with Gasteiger partial charge in [-0.25, -0.2) is 4.39 Å². The van der Waals surface area contributed by atoms with E-state index >= 15 is 0 Å². The number of rotatable bonds is 3. The molecule has 0 aromatic carbocycles. The van der Waals surface area contributed by atoms with Gasteiger partial charge in [0.05, 0.1) is 6.20 Å². The van der Waals surface area contributed by atoms with E-state index in [4.69, 9.17) is 0 Å². The molecular formula is C16H25FN2. The van der Waals surface area contributed by atoms with E-state index in [0.29, 0.717) is 23.4 Å². The quantitative estimate of drug-likeness (QED) is 0.895. The van der Waals surface area contributed by atoms with Crippen LogP contribution in [-0.4, -0.2) is 11.0 Å². The van der Waals surface area contributed by atoms with Crippen molar-refractivity contribution in [3.8, 4) is 0 Å². The lowest BCUT2D eigenvalue weighted by Gasteiger charge is -2.45. The van der Waals surface area contributed by atoms with Gasteiger partial charge >= 0.3 is 0 Å². The highest BCUT2D eigenvalue weighted by molar-refractivity contribution is 5.10. The molecule has 1 aromatic heterocycles. The summed E-state index contributed by atoms with van der Waals surface area (Å²) in [4.78, 5) is 3.89. The molecule has 1 fully saturated rings. The second kappa shape index (κ2) is 5.20. The molecule has 1 aliphatic carbocycles. The number of aromatic nitrogens is 1. The van der Waals surface area contributed by atoms with Crippen molar-refractivity contribution < 1.29 is 4.39 Å². The van der Waals surface area contributed by atoms with E-state index in [0.717, 1.165) is 5.56 Å². The standard InChI is InChI=1S/C16H25FN2/c1-15(2)6-14(7-16(3,4)11-15)19-9-12-5-13(17)10-18-8-12/h5,8,10,14,19H,6-7,9,11H2,1-4H3. The van der Waals surface area contributed by atoms with E-state index in [1.54, 1.807) is 12.3 Å². The number of nitrogens with one attached hydrogen (secondary N) is 1. The smallest absolute Gasteiger partial charge is 0.141 e. The van der Waals surface area contributed by atoms with Crippen LogP contribution in [0.5, 0.6) is 0 Å². The summed E-state index contributed by atoms with van der Waals surface area (Å²) in [7, 11) is 0. The maximum absolute atomic E-state index is 13.1. The summed E-state index contributed by atoms with van der Waals surface area (Å²) in [5.41, 5.74) is 1.67. The first kappa shape index (κ1) is 14.4. The van der Waals surface area contributed by atoms with Gasteiger partial charge in [-0.05, 0) is 41.7 Å². The second-order valence-corrected chi connectivity index (χ2v) is 7.50. The molecule has 0 aliphatic heterocycles. The summed E-state index contributed by atoms with van der Waals surface area (Å²) in [6, 6.07) is 2.06. The zero-order valence-corrected chi connectivity index (χ0v) is 12.5. The van der Waals surface area contributed by atoms with E-state index in [2.05, 4.69) is 38.0 Å². The molecule has 19 heavy (non-hydrogen) atoms. The molecule has 1 aliphatic rings. The number of nitrogens with zero attached hydrogens (tertiary/aromatic N) is 1. The number of pyridine rings is 1. The van der Waals surface area contributed by atoms with Gasteiger partial charge in [0.1, 0.15) is 5.82 Å². The molecule has 0 spiro atoms. The van der Waals surface area contributed by atoms with Crippen molar-refractivity contribution in [1.29, 1.82) is 0 Å². The van der Waals surface area contributed by atoms with Crippen molar-refractivity contribution in [2.45, 2.75) is 59.5 Å². The van der Waals surface area contributed by atoms with Crippen molar-refractivity contribution in [2.24, 2.45) is 10.8 Å². The number of halogens is 1. The lowest BCUT2D eigenvalue weighted by atomic mass is 9.63. The molecule has 2 nitrogen and oxygen atoms in total. The first-order valence-electron chi connectivity index (χ1n) is 7.09. The van der Waals surface area contributed by atoms with Crippen LogP contribution in [0.3, 0.4) is 0 Å². The molecule has 106 valence electrons. The largest absolute Gasteiger partial charge is 0.310 e. The molecule has 0 amide bonds. The molecule has 1 saturated carbocycles. The zero-order valence-electron chi connectivity index (χ0n) is 12.5. The van der Waals surface area contributed by atoms with E-state index < -0.39 is 0 Å². The predicted octanol–water partition coefficient (Wildman–Crippen LogP) is 3.92. The van der Waals surface area contributed by atoms with E-state index in [-0.39, 0.29) is 5.82 Å². The molecule has 0 saturated heterocycles. The van der Waals surface area contributed by atoms with Gasteiger partial charge in [-0.3, -0.25) is 4.98 Å². The first-order chi connectivity index (χ1) is 8.76. The fourth-order valence-electron chi connectivity index (χ4n) is 3.81. The van der Waals surface area contributed by atoms with Crippen LogP contribution in [0.15, 0.2) is 18.5 Å². The minimum Gasteiger partial charge on any atom is -0.310 e. The Bertz CT molecular complexity index is 424. The number of hydrogen-bond acceptors (Lipinski definition) is 2. The average molecular weight is 264 g/mol. The third-order valence-electron chi connectivity index (χ3n) is 3.91. The van der Waals surface area contributed by atoms with Crippen molar-refractivity contribution >= 4 is 0 Å². The lowest BCUT2D eigenvalue weighted by molar-refractivity contribution is 0.0844. The predicted molar refractivity (Wildman–Crippen MR) is 76.2 cm³/mol. The van der Waals surface area contributed by atoms with Crippen LogP contribution in [0.2, 0.25) is 0 Å². The summed E-state index contributed by atoms with van der Waals surface area (Å²) < 4.78 is 13.1. The first-order valence-corrected chi connectivity index (χ1v) is 7.09. The van der Waals surface area contributed by atoms with Crippen LogP contribution in [0.1, 0.15) is 52.5 Å². The van der Waals surface area contributed by atoms with Gasteiger partial charge in [0.2, 0.25) is 0 Å². The molecule has 0 atom stereocenters. The normalized spacial score (nSPS) is 22.4. The molecule has 0 radical (unpaired) electrons. The highest BCUT2D eigenvalue weighted by Gasteiger charge is 2.38. The van der Waals surface area contributed by atoms with Gasteiger partial charge in [-0.15, -0.1) is 0 Å². The van der Waals surface area contributed by atoms with Crippen molar-refractivity contribution in [3.05, 3.63) is 29.8 Å². The molecular weight excluding hydrogens is 239 g/mol. The monoisotopic (exact) mass is 264 g/mol. The maximum Gasteiger partial charge on any atom is 0.141 e. The zero-order chi connectivity index (χ0) is 14.1. The SMILES string of the molecule is CC1(C)CC(NCc2cncc(F)c2)CC(C)(C)C1. The van der Waals surface area contributed by atoms with Gasteiger partial charge in [0, 0.05) is 18.8 Å². The summed E-state index contributed by atoms with van der Waals surface area (Å²) in [5, 5.41) is 3.57. The fraction of sp³-hybridized carbons (Fsp3) is 0.688. The molecule has 3 heteroatoms. The van der Waals surface area contributed by atoms with Crippen LogP contribution in [-0.2, 0) is 6.54 Å². The molecule has 1 N–H and O–H groups in total. The Labute approximate surface area is 115 Å². The van der Waals surface area contributed by atoms with Gasteiger partial charge in [0.25, 0.3) is 0 Å². The van der Waals surface area contributed by atoms with Gasteiger partial charge < -0.3 is 5.32 Å². The third kappa shape index (κ3) is 4.27. The highest BCUT2D eigenvalue weighted by atomic mass is 19.1. The minimum atomic E-state index is -0.261. The Balaban J connectivity index is 1.96. The van der Waals surface area contributed by atoms with E-state index in [1.165, 1.54) is 25.5 Å². The van der Waals surface area contributed by atoms with Gasteiger partial charge in [-0.1, -0.05) is 27.7 Å². The molecule has 0 bridgehead atoms. The van der Waals surface area contributed by atoms with Crippen LogP contribution >= 0.6 is 0 Å². The molecule has 0 unspecified atom stereocenters. The van der Waals surface area contributed by atoms with Crippen molar-refractivity contribution in [3.63, 3.8) is 0 Å².